The van der Waals surface area contributed by atoms with E-state index in [0.717, 1.165) is 10.1 Å². The van der Waals surface area contributed by atoms with E-state index in [4.69, 9.17) is 10.8 Å². The van der Waals surface area contributed by atoms with Crippen molar-refractivity contribution in [2.45, 2.75) is 6.42 Å². The highest BCUT2D eigenvalue weighted by Gasteiger charge is 2.14. The maximum Gasteiger partial charge on any atom is 0.418 e. The zero-order valence-corrected chi connectivity index (χ0v) is 10.4. The number of nitrogens with two attached hydrogens (primary N) is 1. The summed E-state index contributed by atoms with van der Waals surface area (Å²) in [6.45, 7) is 0. The van der Waals surface area contributed by atoms with Gasteiger partial charge >= 0.3 is 6.09 Å². The Morgan fingerprint density at radius 2 is 2.00 bits per heavy atom. The molecular formula is C13H11N5O2. The molecule has 7 heteroatoms. The van der Waals surface area contributed by atoms with E-state index in [1.54, 1.807) is 0 Å². The van der Waals surface area contributed by atoms with E-state index in [0.29, 0.717) is 17.8 Å². The van der Waals surface area contributed by atoms with Crippen LogP contribution in [-0.2, 0) is 6.42 Å². The van der Waals surface area contributed by atoms with Crippen LogP contribution in [0.15, 0.2) is 36.7 Å². The van der Waals surface area contributed by atoms with Gasteiger partial charge in [-0.1, -0.05) is 30.3 Å². The number of rotatable bonds is 2. The lowest BCUT2D eigenvalue weighted by atomic mass is 10.1. The first-order chi connectivity index (χ1) is 9.65. The molecule has 0 aliphatic heterocycles. The molecule has 3 rings (SSSR count). The molecule has 0 amide bonds. The molecule has 0 atom stereocenters. The second-order valence-corrected chi connectivity index (χ2v) is 4.26. The molecule has 0 saturated carbocycles. The molecule has 3 aromatic rings. The number of benzene rings is 1. The minimum Gasteiger partial charge on any atom is -0.464 e. The highest BCUT2D eigenvalue weighted by molar-refractivity contribution is 5.88. The number of carboxylic acid groups (broad SMARTS) is 1. The fraction of sp³-hybridized carbons (Fsp3) is 0.0769. The van der Waals surface area contributed by atoms with Crippen LogP contribution in [0, 0.1) is 0 Å². The first-order valence-electron chi connectivity index (χ1n) is 5.92. The van der Waals surface area contributed by atoms with Crippen molar-refractivity contribution in [1.82, 2.24) is 19.5 Å². The van der Waals surface area contributed by atoms with Crippen LogP contribution in [0.2, 0.25) is 0 Å². The largest absolute Gasteiger partial charge is 0.464 e. The van der Waals surface area contributed by atoms with Gasteiger partial charge in [-0.15, -0.1) is 0 Å². The quantitative estimate of drug-likeness (QED) is 0.730. The number of aromatic nitrogens is 4. The molecule has 2 heterocycles. The third-order valence-corrected chi connectivity index (χ3v) is 2.88. The number of hydrogen-bond acceptors (Lipinski definition) is 5. The van der Waals surface area contributed by atoms with Gasteiger partial charge in [-0.05, 0) is 5.56 Å². The van der Waals surface area contributed by atoms with Crippen molar-refractivity contribution in [3.63, 3.8) is 0 Å². The van der Waals surface area contributed by atoms with Crippen LogP contribution in [0.3, 0.4) is 0 Å². The SMILES string of the molecule is Nc1nc(Cc2ccccc2)nc2c1ncn2C(=O)O. The van der Waals surface area contributed by atoms with Crippen LogP contribution < -0.4 is 5.73 Å². The fourth-order valence-corrected chi connectivity index (χ4v) is 1.97. The van der Waals surface area contributed by atoms with Crippen molar-refractivity contribution in [3.05, 3.63) is 48.0 Å². The van der Waals surface area contributed by atoms with Gasteiger partial charge in [0, 0.05) is 6.42 Å². The summed E-state index contributed by atoms with van der Waals surface area (Å²) in [5.74, 6) is 0.644. The van der Waals surface area contributed by atoms with E-state index in [-0.39, 0.29) is 11.5 Å². The van der Waals surface area contributed by atoms with Crippen LogP contribution in [0.4, 0.5) is 10.6 Å². The van der Waals surface area contributed by atoms with Crippen molar-refractivity contribution in [3.8, 4) is 0 Å². The monoisotopic (exact) mass is 269 g/mol. The molecule has 0 saturated heterocycles. The molecule has 0 aliphatic carbocycles. The van der Waals surface area contributed by atoms with Crippen molar-refractivity contribution < 1.29 is 9.90 Å². The average Bonchev–Trinajstić information content (AvgIpc) is 2.84. The van der Waals surface area contributed by atoms with E-state index in [9.17, 15) is 4.79 Å². The number of fused-ring (bicyclic) bond motifs is 1. The van der Waals surface area contributed by atoms with Crippen LogP contribution in [-0.4, -0.2) is 30.7 Å². The van der Waals surface area contributed by atoms with Crippen LogP contribution >= 0.6 is 0 Å². The standard InChI is InChI=1S/C13H11N5O2/c14-11-10-12(18(7-15-10)13(19)20)17-9(16-11)6-8-4-2-1-3-5-8/h1-5,7H,6H2,(H,19,20)(H2,14,16,17). The molecule has 7 nitrogen and oxygen atoms in total. The van der Waals surface area contributed by atoms with Crippen molar-refractivity contribution in [2.24, 2.45) is 0 Å². The van der Waals surface area contributed by atoms with Gasteiger partial charge in [-0.3, -0.25) is 0 Å². The maximum absolute atomic E-state index is 11.1. The number of anilines is 1. The minimum absolute atomic E-state index is 0.181. The van der Waals surface area contributed by atoms with Gasteiger partial charge in [0.1, 0.15) is 12.2 Å². The fourth-order valence-electron chi connectivity index (χ4n) is 1.97. The van der Waals surface area contributed by atoms with Crippen molar-refractivity contribution >= 4 is 23.1 Å². The Morgan fingerprint density at radius 3 is 2.70 bits per heavy atom. The maximum atomic E-state index is 11.1. The molecule has 100 valence electrons. The lowest BCUT2D eigenvalue weighted by molar-refractivity contribution is 0.197. The van der Waals surface area contributed by atoms with Gasteiger partial charge < -0.3 is 10.8 Å². The number of carbonyl (C=O) groups is 1. The van der Waals surface area contributed by atoms with E-state index >= 15 is 0 Å². The van der Waals surface area contributed by atoms with Gasteiger partial charge in [0.05, 0.1) is 0 Å². The summed E-state index contributed by atoms with van der Waals surface area (Å²) in [5, 5.41) is 9.06. The zero-order chi connectivity index (χ0) is 14.1. The Hall–Kier alpha value is -2.96. The van der Waals surface area contributed by atoms with Gasteiger partial charge in [-0.25, -0.2) is 24.3 Å². The molecule has 3 N–H and O–H groups in total. The number of nitrogens with zero attached hydrogens (tertiary/aromatic N) is 4. The third-order valence-electron chi connectivity index (χ3n) is 2.88. The van der Waals surface area contributed by atoms with E-state index in [1.165, 1.54) is 6.33 Å². The van der Waals surface area contributed by atoms with E-state index in [2.05, 4.69) is 15.0 Å². The summed E-state index contributed by atoms with van der Waals surface area (Å²) in [6, 6.07) is 9.63. The number of hydrogen-bond donors (Lipinski definition) is 2. The first-order valence-corrected chi connectivity index (χ1v) is 5.92. The highest BCUT2D eigenvalue weighted by Crippen LogP contribution is 2.17. The Morgan fingerprint density at radius 1 is 1.25 bits per heavy atom. The van der Waals surface area contributed by atoms with Gasteiger partial charge in [0.15, 0.2) is 17.0 Å². The van der Waals surface area contributed by atoms with Crippen molar-refractivity contribution in [1.29, 1.82) is 0 Å². The molecular weight excluding hydrogens is 258 g/mol. The molecule has 2 aromatic heterocycles. The predicted octanol–water partition coefficient (Wildman–Crippen LogP) is 1.53. The second kappa shape index (κ2) is 4.61. The summed E-state index contributed by atoms with van der Waals surface area (Å²) < 4.78 is 0.932. The van der Waals surface area contributed by atoms with Crippen LogP contribution in [0.1, 0.15) is 11.4 Å². The zero-order valence-electron chi connectivity index (χ0n) is 10.4. The number of imidazole rings is 1. The molecule has 0 radical (unpaired) electrons. The predicted molar refractivity (Wildman–Crippen MR) is 72.4 cm³/mol. The molecule has 0 fully saturated rings. The van der Waals surface area contributed by atoms with Crippen molar-refractivity contribution in [2.75, 3.05) is 5.73 Å². The average molecular weight is 269 g/mol. The van der Waals surface area contributed by atoms with E-state index < -0.39 is 6.09 Å². The smallest absolute Gasteiger partial charge is 0.418 e. The minimum atomic E-state index is -1.16. The highest BCUT2D eigenvalue weighted by atomic mass is 16.4. The third kappa shape index (κ3) is 2.05. The first kappa shape index (κ1) is 12.1. The molecule has 0 bridgehead atoms. The molecule has 0 spiro atoms. The Labute approximate surface area is 113 Å². The molecule has 20 heavy (non-hydrogen) atoms. The van der Waals surface area contributed by atoms with Crippen LogP contribution in [0.5, 0.6) is 0 Å². The second-order valence-electron chi connectivity index (χ2n) is 4.26. The molecule has 0 aliphatic rings. The summed E-state index contributed by atoms with van der Waals surface area (Å²) in [6.07, 6.45) is 0.493. The topological polar surface area (TPSA) is 107 Å². The Kier molecular flexibility index (Phi) is 2.79. The van der Waals surface area contributed by atoms with Gasteiger partial charge in [-0.2, -0.15) is 0 Å². The van der Waals surface area contributed by atoms with Crippen LogP contribution in [0.25, 0.3) is 11.2 Å². The van der Waals surface area contributed by atoms with Gasteiger partial charge in [0.2, 0.25) is 0 Å². The molecule has 1 aromatic carbocycles. The Bertz CT molecular complexity index is 782. The normalized spacial score (nSPS) is 10.8. The summed E-state index contributed by atoms with van der Waals surface area (Å²) >= 11 is 0. The Balaban J connectivity index is 2.08. The number of nitrogen functional groups attached to an aromatic ring is 1. The summed E-state index contributed by atoms with van der Waals surface area (Å²) in [4.78, 5) is 23.4. The van der Waals surface area contributed by atoms with Gasteiger partial charge in [0.25, 0.3) is 0 Å². The summed E-state index contributed by atoms with van der Waals surface area (Å²) in [7, 11) is 0. The lowest BCUT2D eigenvalue weighted by Gasteiger charge is -2.03. The lowest BCUT2D eigenvalue weighted by Crippen LogP contribution is -2.09. The van der Waals surface area contributed by atoms with E-state index in [1.807, 2.05) is 30.3 Å². The molecule has 0 unspecified atom stereocenters. The summed E-state index contributed by atoms with van der Waals surface area (Å²) in [5.41, 5.74) is 7.33.